The fraction of sp³-hybridized carbons (Fsp3) is 0.120. The van der Waals surface area contributed by atoms with Crippen molar-refractivity contribution in [3.63, 3.8) is 0 Å². The van der Waals surface area contributed by atoms with Crippen LogP contribution in [-0.4, -0.2) is 48.2 Å². The summed E-state index contributed by atoms with van der Waals surface area (Å²) in [6.45, 7) is 7.73. The highest BCUT2D eigenvalue weighted by Gasteiger charge is 2.20. The number of rotatable bonds is 9. The third-order valence-corrected chi connectivity index (χ3v) is 9.76. The summed E-state index contributed by atoms with van der Waals surface area (Å²) in [7, 11) is 0. The van der Waals surface area contributed by atoms with Crippen molar-refractivity contribution in [3.8, 4) is 40.3 Å². The summed E-state index contributed by atoms with van der Waals surface area (Å²) in [5.74, 6) is -6.43. The van der Waals surface area contributed by atoms with Gasteiger partial charge >= 0.3 is 0 Å². The van der Waals surface area contributed by atoms with E-state index in [9.17, 15) is 27.2 Å². The lowest BCUT2D eigenvalue weighted by molar-refractivity contribution is 0.0982. The minimum atomic E-state index is -1.33. The first-order valence-electron chi connectivity index (χ1n) is 20.6. The summed E-state index contributed by atoms with van der Waals surface area (Å²) < 4.78 is 68.1. The zero-order valence-electron chi connectivity index (χ0n) is 38.2. The predicted molar refractivity (Wildman–Crippen MR) is 257 cm³/mol. The molecule has 0 bridgehead atoms. The van der Waals surface area contributed by atoms with Crippen LogP contribution < -0.4 is 21.9 Å². The zero-order chi connectivity index (χ0) is 52.2. The Kier molecular flexibility index (Phi) is 20.5. The van der Waals surface area contributed by atoms with Gasteiger partial charge in [-0.05, 0) is 64.1 Å². The number of aromatic hydroxyl groups is 1. The van der Waals surface area contributed by atoms with Gasteiger partial charge in [-0.2, -0.15) is 15.2 Å². The molecule has 0 saturated heterocycles. The Bertz CT molecular complexity index is 3110. The number of halogens is 5. The molecule has 0 aliphatic carbocycles. The highest BCUT2D eigenvalue weighted by atomic mass is 79.9. The first-order valence-corrected chi connectivity index (χ1v) is 21.7. The molecule has 8 rings (SSSR count). The van der Waals surface area contributed by atoms with Crippen LogP contribution in [0.3, 0.4) is 0 Å². The molecular weight excluding hydrogens is 995 g/mol. The average molecular weight is 1040 g/mol. The number of amides is 2. The Labute approximate surface area is 412 Å². The van der Waals surface area contributed by atoms with E-state index in [1.807, 2.05) is 125 Å². The van der Waals surface area contributed by atoms with Gasteiger partial charge in [0.2, 0.25) is 17.5 Å². The van der Waals surface area contributed by atoms with Gasteiger partial charge in [-0.25, -0.2) is 17.6 Å². The summed E-state index contributed by atoms with van der Waals surface area (Å²) in [6, 6.07) is 36.0. The molecule has 2 aromatic heterocycles. The molecule has 0 unspecified atom stereocenters. The van der Waals surface area contributed by atoms with E-state index >= 15 is 0 Å². The van der Waals surface area contributed by atoms with Crippen molar-refractivity contribution in [2.24, 2.45) is 22.4 Å². The van der Waals surface area contributed by atoms with Crippen LogP contribution in [0.2, 0.25) is 0 Å². The quantitative estimate of drug-likeness (QED) is 0.0225. The topological polar surface area (TPSA) is 276 Å². The molecule has 0 fully saturated rings. The molecule has 366 valence electrons. The van der Waals surface area contributed by atoms with Crippen molar-refractivity contribution < 1.29 is 51.2 Å². The molecule has 2 heterocycles. The van der Waals surface area contributed by atoms with Crippen molar-refractivity contribution in [3.05, 3.63) is 201 Å². The highest BCUT2D eigenvalue weighted by Crippen LogP contribution is 2.25. The number of ether oxygens (including phenoxy) is 1. The Hall–Kier alpha value is -8.90. The minimum Gasteiger partial charge on any atom is -0.505 e. The van der Waals surface area contributed by atoms with Crippen LogP contribution in [0.1, 0.15) is 65.9 Å². The third-order valence-electron chi connectivity index (χ3n) is 9.28. The number of hydrogen-bond acceptors (Lipinski definition) is 13. The lowest BCUT2D eigenvalue weighted by Crippen LogP contribution is -2.16. The van der Waals surface area contributed by atoms with E-state index in [0.717, 1.165) is 57.6 Å². The molecule has 0 saturated carbocycles. The number of amidine groups is 1. The number of nitrogens with two attached hydrogens (primary N) is 3. The summed E-state index contributed by atoms with van der Waals surface area (Å²) in [5.41, 5.74) is 21.0. The first kappa shape index (κ1) is 54.7. The van der Waals surface area contributed by atoms with Crippen molar-refractivity contribution in [1.29, 1.82) is 5.26 Å². The maximum Gasteiger partial charge on any atom is 0.264 e. The van der Waals surface area contributed by atoms with Crippen LogP contribution in [0.4, 0.5) is 17.6 Å². The largest absolute Gasteiger partial charge is 0.505 e. The number of hydrogen-bond donors (Lipinski definition) is 5. The van der Waals surface area contributed by atoms with Crippen LogP contribution in [0.5, 0.6) is 11.5 Å². The van der Waals surface area contributed by atoms with Gasteiger partial charge in [-0.15, -0.1) is 0 Å². The molecule has 0 aliphatic heterocycles. The number of aromatic nitrogens is 4. The SMILES string of the molecule is Cc1ccc(-c2noc(CBr)n2)cc1.Cc1ccc(-c2noc(COc3ccc(F)c(C(N)=O)c3F)n2)cc1.Cc1ccc(/C(N)=N\O)cc1.Cc1ccc(C#N)cc1.NC(=O)c1c(F)ccc(O)c1F. The van der Waals surface area contributed by atoms with E-state index < -0.39 is 52.0 Å². The molecule has 2 amide bonds. The molecule has 16 nitrogen and oxygen atoms in total. The van der Waals surface area contributed by atoms with Gasteiger partial charge in [0.05, 0.1) is 17.0 Å². The molecule has 8 N–H and O–H groups in total. The van der Waals surface area contributed by atoms with E-state index in [2.05, 4.69) is 53.2 Å². The van der Waals surface area contributed by atoms with E-state index in [-0.39, 0.29) is 24.1 Å². The third kappa shape index (κ3) is 16.4. The molecule has 0 radical (unpaired) electrons. The molecule has 8 aromatic rings. The Morgan fingerprint density at radius 1 is 0.648 bits per heavy atom. The minimum absolute atomic E-state index is 0.0972. The molecule has 6 aromatic carbocycles. The maximum absolute atomic E-state index is 14.1. The van der Waals surface area contributed by atoms with Gasteiger partial charge in [-0.3, -0.25) is 9.59 Å². The van der Waals surface area contributed by atoms with Gasteiger partial charge in [0.25, 0.3) is 17.7 Å². The second kappa shape index (κ2) is 26.6. The molecular formula is C50H44BrF4N9O7. The lowest BCUT2D eigenvalue weighted by atomic mass is 10.1. The molecule has 0 atom stereocenters. The van der Waals surface area contributed by atoms with E-state index in [4.69, 9.17) is 40.8 Å². The number of primary amides is 2. The van der Waals surface area contributed by atoms with Gasteiger partial charge in [-0.1, -0.05) is 139 Å². The molecule has 21 heteroatoms. The number of alkyl halides is 1. The monoisotopic (exact) mass is 1040 g/mol. The fourth-order valence-electron chi connectivity index (χ4n) is 5.45. The standard InChI is InChI=1S/C17H13F2N3O3.C10H9BrN2O.C8H10N2O.C8H7N.C7H5F2NO2/c1-9-2-4-10(5-3-9)17-21-13(25-22-17)8-24-12-7-6-11(18)14(15(12)19)16(20)23;1-7-2-4-8(5-3-7)10-12-9(6-11)14-13-10;1-6-2-4-7(5-3-6)8(9)10-11;1-7-2-4-8(6-9)5-3-7;8-3-1-2-4(11)6(9)5(3)7(10)12/h2-7H,8H2,1H3,(H2,20,23);2-5H,6H2,1H3;2-5,11H,1H3,(H2,9,10);2-5H,1H3;1-2,11H,(H2,10,12). The van der Waals surface area contributed by atoms with Crippen LogP contribution in [0.15, 0.2) is 136 Å². The second-order valence-corrected chi connectivity index (χ2v) is 15.3. The van der Waals surface area contributed by atoms with E-state index in [1.165, 1.54) is 11.1 Å². The number of phenols is 1. The Morgan fingerprint density at radius 3 is 1.49 bits per heavy atom. The van der Waals surface area contributed by atoms with Crippen molar-refractivity contribution >= 4 is 33.6 Å². The van der Waals surface area contributed by atoms with Crippen LogP contribution >= 0.6 is 15.9 Å². The molecule has 0 aliphatic rings. The number of aryl methyl sites for hydroxylation is 4. The lowest BCUT2D eigenvalue weighted by Gasteiger charge is -2.07. The summed E-state index contributed by atoms with van der Waals surface area (Å²) >= 11 is 3.26. The number of nitriles is 1. The summed E-state index contributed by atoms with van der Waals surface area (Å²) in [4.78, 5) is 29.9. The van der Waals surface area contributed by atoms with E-state index in [1.54, 1.807) is 0 Å². The number of carbonyl (C=O) groups is 2. The van der Waals surface area contributed by atoms with Crippen molar-refractivity contribution in [2.75, 3.05) is 0 Å². The van der Waals surface area contributed by atoms with Crippen LogP contribution in [0, 0.1) is 62.3 Å². The summed E-state index contributed by atoms with van der Waals surface area (Å²) in [5, 5.41) is 36.6. The number of phenolic OH excluding ortho intramolecular Hbond substituents is 1. The summed E-state index contributed by atoms with van der Waals surface area (Å²) in [6.07, 6.45) is 0. The number of carbonyl (C=O) groups excluding carboxylic acids is 2. The van der Waals surface area contributed by atoms with Crippen molar-refractivity contribution in [1.82, 2.24) is 20.3 Å². The number of oxime groups is 1. The zero-order valence-corrected chi connectivity index (χ0v) is 39.8. The van der Waals surface area contributed by atoms with Crippen molar-refractivity contribution in [2.45, 2.75) is 39.6 Å². The molecule has 0 spiro atoms. The fourth-order valence-corrected chi connectivity index (χ4v) is 5.68. The van der Waals surface area contributed by atoms with E-state index in [0.29, 0.717) is 22.9 Å². The van der Waals surface area contributed by atoms with Gasteiger partial charge in [0.15, 0.2) is 35.6 Å². The maximum atomic E-state index is 14.1. The smallest absolute Gasteiger partial charge is 0.264 e. The molecule has 71 heavy (non-hydrogen) atoms. The number of benzene rings is 6. The predicted octanol–water partition coefficient (Wildman–Crippen LogP) is 9.67. The van der Waals surface area contributed by atoms with Crippen LogP contribution in [-0.2, 0) is 11.9 Å². The Balaban J connectivity index is 0.000000205. The first-order chi connectivity index (χ1) is 33.8. The number of nitrogens with zero attached hydrogens (tertiary/aromatic N) is 6. The second-order valence-electron chi connectivity index (χ2n) is 14.7. The van der Waals surface area contributed by atoms with Gasteiger partial charge in [0, 0.05) is 16.7 Å². The normalized spacial score (nSPS) is 10.3. The van der Waals surface area contributed by atoms with Gasteiger partial charge < -0.3 is 41.3 Å². The average Bonchev–Trinajstić information content (AvgIpc) is 4.05. The van der Waals surface area contributed by atoms with Crippen LogP contribution in [0.25, 0.3) is 22.8 Å². The highest BCUT2D eigenvalue weighted by molar-refractivity contribution is 9.08. The Morgan fingerprint density at radius 2 is 1.07 bits per heavy atom. The van der Waals surface area contributed by atoms with Gasteiger partial charge in [0.1, 0.15) is 22.8 Å².